The van der Waals surface area contributed by atoms with Gasteiger partial charge in [-0.3, -0.25) is 14.9 Å². The number of furan rings is 1. The summed E-state index contributed by atoms with van der Waals surface area (Å²) in [6, 6.07) is 18.8. The molecular formula is C19H13NO4. The number of carbonyl (C=O) groups excluding carboxylic acids is 1. The number of carbonyl (C=O) groups is 1. The number of hydrogen-bond acceptors (Lipinski definition) is 4. The standard InChI is InChI=1S/C19H13NO4/c21-18(15-7-4-8-16(13-15)20(22)23)11-9-17-10-12-19(24-17)14-5-2-1-3-6-14/h1-13H. The summed E-state index contributed by atoms with van der Waals surface area (Å²) in [6.45, 7) is 0. The summed E-state index contributed by atoms with van der Waals surface area (Å²) in [5, 5.41) is 10.8. The van der Waals surface area contributed by atoms with E-state index in [1.807, 2.05) is 36.4 Å². The Morgan fingerprint density at radius 3 is 2.54 bits per heavy atom. The van der Waals surface area contributed by atoms with E-state index < -0.39 is 4.92 Å². The first-order valence-electron chi connectivity index (χ1n) is 7.25. The van der Waals surface area contributed by atoms with Gasteiger partial charge in [0, 0.05) is 23.3 Å². The number of nitrogens with zero attached hydrogens (tertiary/aromatic N) is 1. The molecule has 0 saturated carbocycles. The van der Waals surface area contributed by atoms with Gasteiger partial charge in [-0.15, -0.1) is 0 Å². The maximum Gasteiger partial charge on any atom is 0.270 e. The van der Waals surface area contributed by atoms with Crippen LogP contribution >= 0.6 is 0 Å². The number of allylic oxidation sites excluding steroid dienone is 1. The normalized spacial score (nSPS) is 10.8. The SMILES string of the molecule is O=C(C=Cc1ccc(-c2ccccc2)o1)c1cccc([N+](=O)[O-])c1. The van der Waals surface area contributed by atoms with Crippen LogP contribution in [0.1, 0.15) is 16.1 Å². The molecule has 0 fully saturated rings. The highest BCUT2D eigenvalue weighted by atomic mass is 16.6. The number of nitro groups is 1. The van der Waals surface area contributed by atoms with Crippen LogP contribution < -0.4 is 0 Å². The molecule has 0 atom stereocenters. The maximum absolute atomic E-state index is 12.1. The van der Waals surface area contributed by atoms with E-state index >= 15 is 0 Å². The lowest BCUT2D eigenvalue weighted by Crippen LogP contribution is -1.96. The second-order valence-corrected chi connectivity index (χ2v) is 5.07. The van der Waals surface area contributed by atoms with E-state index in [2.05, 4.69) is 0 Å². The average Bonchev–Trinajstić information content (AvgIpc) is 3.09. The lowest BCUT2D eigenvalue weighted by molar-refractivity contribution is -0.384. The zero-order chi connectivity index (χ0) is 16.9. The van der Waals surface area contributed by atoms with Crippen molar-refractivity contribution in [2.45, 2.75) is 0 Å². The van der Waals surface area contributed by atoms with E-state index in [0.29, 0.717) is 11.5 Å². The van der Waals surface area contributed by atoms with E-state index in [1.165, 1.54) is 30.3 Å². The van der Waals surface area contributed by atoms with Gasteiger partial charge < -0.3 is 4.42 Å². The highest BCUT2D eigenvalue weighted by Crippen LogP contribution is 2.22. The van der Waals surface area contributed by atoms with Crippen LogP contribution in [-0.4, -0.2) is 10.7 Å². The Kier molecular flexibility index (Phi) is 4.34. The molecule has 0 unspecified atom stereocenters. The van der Waals surface area contributed by atoms with Gasteiger partial charge in [0.25, 0.3) is 5.69 Å². The summed E-state index contributed by atoms with van der Waals surface area (Å²) < 4.78 is 5.67. The van der Waals surface area contributed by atoms with Gasteiger partial charge in [-0.05, 0) is 24.3 Å². The summed E-state index contributed by atoms with van der Waals surface area (Å²) in [7, 11) is 0. The third-order valence-electron chi connectivity index (χ3n) is 3.43. The van der Waals surface area contributed by atoms with E-state index in [1.54, 1.807) is 12.1 Å². The number of non-ortho nitro benzene ring substituents is 1. The first-order chi connectivity index (χ1) is 11.6. The molecule has 0 aliphatic rings. The summed E-state index contributed by atoms with van der Waals surface area (Å²) in [4.78, 5) is 22.3. The number of hydrogen-bond donors (Lipinski definition) is 0. The van der Waals surface area contributed by atoms with Crippen molar-refractivity contribution in [1.82, 2.24) is 0 Å². The summed E-state index contributed by atoms with van der Waals surface area (Å²) in [5.41, 5.74) is 1.09. The van der Waals surface area contributed by atoms with Crippen molar-refractivity contribution in [3.8, 4) is 11.3 Å². The highest BCUT2D eigenvalue weighted by molar-refractivity contribution is 6.07. The van der Waals surface area contributed by atoms with Crippen LogP contribution in [0.4, 0.5) is 5.69 Å². The third-order valence-corrected chi connectivity index (χ3v) is 3.43. The zero-order valence-corrected chi connectivity index (χ0v) is 12.6. The molecule has 5 heteroatoms. The summed E-state index contributed by atoms with van der Waals surface area (Å²) in [5.74, 6) is 0.919. The monoisotopic (exact) mass is 319 g/mol. The highest BCUT2D eigenvalue weighted by Gasteiger charge is 2.09. The average molecular weight is 319 g/mol. The van der Waals surface area contributed by atoms with Gasteiger partial charge in [0.05, 0.1) is 4.92 Å². The molecule has 3 aromatic rings. The van der Waals surface area contributed by atoms with Crippen molar-refractivity contribution >= 4 is 17.5 Å². The van der Waals surface area contributed by atoms with Gasteiger partial charge in [-0.25, -0.2) is 0 Å². The number of rotatable bonds is 5. The molecule has 3 rings (SSSR count). The Balaban J connectivity index is 1.76. The van der Waals surface area contributed by atoms with Gasteiger partial charge in [-0.2, -0.15) is 0 Å². The molecule has 1 aromatic heterocycles. The number of benzene rings is 2. The van der Waals surface area contributed by atoms with Crippen molar-refractivity contribution in [3.05, 3.63) is 94.2 Å². The fraction of sp³-hybridized carbons (Fsp3) is 0. The molecule has 0 bridgehead atoms. The van der Waals surface area contributed by atoms with E-state index in [4.69, 9.17) is 4.42 Å². The first kappa shape index (κ1) is 15.4. The van der Waals surface area contributed by atoms with Crippen LogP contribution in [0, 0.1) is 10.1 Å². The lowest BCUT2D eigenvalue weighted by atomic mass is 10.1. The summed E-state index contributed by atoms with van der Waals surface area (Å²) in [6.07, 6.45) is 2.89. The van der Waals surface area contributed by atoms with Gasteiger partial charge in [0.15, 0.2) is 5.78 Å². The zero-order valence-electron chi connectivity index (χ0n) is 12.6. The molecule has 118 valence electrons. The number of ketones is 1. The van der Waals surface area contributed by atoms with Crippen LogP contribution in [0.2, 0.25) is 0 Å². The van der Waals surface area contributed by atoms with Crippen molar-refractivity contribution < 1.29 is 14.1 Å². The van der Waals surface area contributed by atoms with Gasteiger partial charge in [-0.1, -0.05) is 42.5 Å². The molecule has 0 aliphatic heterocycles. The lowest BCUT2D eigenvalue weighted by Gasteiger charge is -1.96. The van der Waals surface area contributed by atoms with Crippen LogP contribution in [0.15, 0.2) is 77.2 Å². The minimum absolute atomic E-state index is 0.112. The fourth-order valence-electron chi connectivity index (χ4n) is 2.23. The van der Waals surface area contributed by atoms with Crippen LogP contribution in [-0.2, 0) is 0 Å². The second-order valence-electron chi connectivity index (χ2n) is 5.07. The van der Waals surface area contributed by atoms with Crippen molar-refractivity contribution in [3.63, 3.8) is 0 Å². The molecule has 0 N–H and O–H groups in total. The Labute approximate surface area is 138 Å². The molecule has 5 nitrogen and oxygen atoms in total. The third kappa shape index (κ3) is 3.47. The minimum Gasteiger partial charge on any atom is -0.457 e. The Bertz CT molecular complexity index is 910. The predicted octanol–water partition coefficient (Wildman–Crippen LogP) is 4.75. The van der Waals surface area contributed by atoms with E-state index in [0.717, 1.165) is 5.56 Å². The quantitative estimate of drug-likeness (QED) is 0.294. The predicted molar refractivity (Wildman–Crippen MR) is 90.6 cm³/mol. The van der Waals surface area contributed by atoms with Crippen molar-refractivity contribution in [2.75, 3.05) is 0 Å². The van der Waals surface area contributed by atoms with Crippen molar-refractivity contribution in [1.29, 1.82) is 0 Å². The Morgan fingerprint density at radius 1 is 1.00 bits per heavy atom. The van der Waals surface area contributed by atoms with Crippen molar-refractivity contribution in [2.24, 2.45) is 0 Å². The smallest absolute Gasteiger partial charge is 0.270 e. The first-order valence-corrected chi connectivity index (χ1v) is 7.25. The molecule has 0 aliphatic carbocycles. The van der Waals surface area contributed by atoms with Crippen LogP contribution in [0.5, 0.6) is 0 Å². The molecule has 0 radical (unpaired) electrons. The number of nitro benzene ring substituents is 1. The molecule has 2 aromatic carbocycles. The van der Waals surface area contributed by atoms with Crippen LogP contribution in [0.25, 0.3) is 17.4 Å². The molecule has 1 heterocycles. The Morgan fingerprint density at radius 2 is 1.79 bits per heavy atom. The van der Waals surface area contributed by atoms with Gasteiger partial charge in [0.1, 0.15) is 11.5 Å². The van der Waals surface area contributed by atoms with Crippen LogP contribution in [0.3, 0.4) is 0 Å². The molecule has 0 amide bonds. The Hall–Kier alpha value is -3.47. The second kappa shape index (κ2) is 6.75. The largest absolute Gasteiger partial charge is 0.457 e. The van der Waals surface area contributed by atoms with E-state index in [-0.39, 0.29) is 17.0 Å². The van der Waals surface area contributed by atoms with Gasteiger partial charge >= 0.3 is 0 Å². The summed E-state index contributed by atoms with van der Waals surface area (Å²) >= 11 is 0. The molecule has 24 heavy (non-hydrogen) atoms. The maximum atomic E-state index is 12.1. The molecule has 0 spiro atoms. The minimum atomic E-state index is -0.529. The molecule has 0 saturated heterocycles. The van der Waals surface area contributed by atoms with Gasteiger partial charge in [0.2, 0.25) is 0 Å². The topological polar surface area (TPSA) is 73.3 Å². The van der Waals surface area contributed by atoms with E-state index in [9.17, 15) is 14.9 Å². The fourth-order valence-corrected chi connectivity index (χ4v) is 2.23. The molecular weight excluding hydrogens is 306 g/mol.